The standard InChI is InChI=1S/C22H38N4O/c1-17(2)25-13-9-19(10-14-25)24-20-5-6-22(21(23)16-20)26-11-7-18(8-12-26)4-3-15-27/h5-6,16-19,24,27H,3-4,7-15,23H2,1-2H3. The van der Waals surface area contributed by atoms with Crippen LogP contribution < -0.4 is 16.0 Å². The molecule has 0 saturated carbocycles. The van der Waals surface area contributed by atoms with E-state index in [0.717, 1.165) is 43.2 Å². The molecule has 0 aliphatic carbocycles. The Bertz CT molecular complexity index is 576. The molecule has 0 atom stereocenters. The summed E-state index contributed by atoms with van der Waals surface area (Å²) in [7, 11) is 0. The van der Waals surface area contributed by atoms with E-state index >= 15 is 0 Å². The first-order valence-electron chi connectivity index (χ1n) is 10.8. The highest BCUT2D eigenvalue weighted by Crippen LogP contribution is 2.32. The van der Waals surface area contributed by atoms with Crippen molar-refractivity contribution in [1.29, 1.82) is 0 Å². The lowest BCUT2D eigenvalue weighted by atomic mass is 9.92. The fraction of sp³-hybridized carbons (Fsp3) is 0.727. The molecule has 2 aliphatic heterocycles. The van der Waals surface area contributed by atoms with E-state index in [1.807, 2.05) is 0 Å². The van der Waals surface area contributed by atoms with Crippen LogP contribution in [-0.4, -0.2) is 54.9 Å². The molecule has 0 aromatic heterocycles. The highest BCUT2D eigenvalue weighted by atomic mass is 16.2. The maximum absolute atomic E-state index is 9.01. The van der Waals surface area contributed by atoms with Crippen LogP contribution in [0.4, 0.5) is 17.1 Å². The van der Waals surface area contributed by atoms with E-state index in [0.29, 0.717) is 18.7 Å². The van der Waals surface area contributed by atoms with Crippen molar-refractivity contribution in [3.05, 3.63) is 18.2 Å². The number of hydrogen-bond acceptors (Lipinski definition) is 5. The molecular weight excluding hydrogens is 336 g/mol. The van der Waals surface area contributed by atoms with Crippen molar-refractivity contribution < 1.29 is 5.11 Å². The lowest BCUT2D eigenvalue weighted by Crippen LogP contribution is -2.42. The molecule has 2 saturated heterocycles. The zero-order chi connectivity index (χ0) is 19.2. The van der Waals surface area contributed by atoms with Crippen LogP contribution in [0, 0.1) is 5.92 Å². The number of aliphatic hydroxyl groups excluding tert-OH is 1. The van der Waals surface area contributed by atoms with E-state index in [9.17, 15) is 0 Å². The maximum atomic E-state index is 9.01. The Balaban J connectivity index is 1.51. The zero-order valence-corrected chi connectivity index (χ0v) is 17.2. The third-order valence-corrected chi connectivity index (χ3v) is 6.38. The number of nitrogens with zero attached hydrogens (tertiary/aromatic N) is 2. The number of likely N-dealkylation sites (tertiary alicyclic amines) is 1. The quantitative estimate of drug-likeness (QED) is 0.637. The van der Waals surface area contributed by atoms with E-state index in [1.54, 1.807) is 0 Å². The van der Waals surface area contributed by atoms with Gasteiger partial charge in [-0.1, -0.05) is 0 Å². The number of nitrogens with two attached hydrogens (primary N) is 1. The van der Waals surface area contributed by atoms with Gasteiger partial charge in [-0.3, -0.25) is 0 Å². The molecular formula is C22H38N4O. The molecule has 5 heteroatoms. The Kier molecular flexibility index (Phi) is 7.25. The van der Waals surface area contributed by atoms with Crippen molar-refractivity contribution in [1.82, 2.24) is 4.90 Å². The van der Waals surface area contributed by atoms with Crippen LogP contribution in [0.15, 0.2) is 18.2 Å². The Labute approximate surface area is 164 Å². The van der Waals surface area contributed by atoms with Crippen molar-refractivity contribution in [2.75, 3.05) is 48.7 Å². The molecule has 1 aromatic rings. The van der Waals surface area contributed by atoms with Gasteiger partial charge in [0.05, 0.1) is 11.4 Å². The van der Waals surface area contributed by atoms with E-state index in [1.165, 1.54) is 44.5 Å². The average molecular weight is 375 g/mol. The van der Waals surface area contributed by atoms with Gasteiger partial charge in [-0.25, -0.2) is 0 Å². The number of anilines is 3. The van der Waals surface area contributed by atoms with Crippen LogP contribution in [0.2, 0.25) is 0 Å². The van der Waals surface area contributed by atoms with Gasteiger partial charge in [-0.15, -0.1) is 0 Å². The van der Waals surface area contributed by atoms with Gasteiger partial charge in [-0.05, 0) is 76.5 Å². The smallest absolute Gasteiger partial charge is 0.0601 e. The second-order valence-electron chi connectivity index (χ2n) is 8.62. The normalized spacial score (nSPS) is 20.4. The molecule has 2 heterocycles. The van der Waals surface area contributed by atoms with Crippen molar-refractivity contribution in [3.63, 3.8) is 0 Å². The van der Waals surface area contributed by atoms with Gasteiger partial charge in [-0.2, -0.15) is 0 Å². The number of benzene rings is 1. The summed E-state index contributed by atoms with van der Waals surface area (Å²) in [6.45, 7) is 9.37. The lowest BCUT2D eigenvalue weighted by molar-refractivity contribution is 0.177. The number of aliphatic hydroxyl groups is 1. The average Bonchev–Trinajstić information content (AvgIpc) is 2.67. The predicted octanol–water partition coefficient (Wildman–Crippen LogP) is 3.54. The highest BCUT2D eigenvalue weighted by Gasteiger charge is 2.22. The van der Waals surface area contributed by atoms with Crippen LogP contribution >= 0.6 is 0 Å². The Morgan fingerprint density at radius 2 is 1.81 bits per heavy atom. The van der Waals surface area contributed by atoms with Crippen molar-refractivity contribution in [3.8, 4) is 0 Å². The largest absolute Gasteiger partial charge is 0.397 e. The zero-order valence-electron chi connectivity index (χ0n) is 17.2. The van der Waals surface area contributed by atoms with E-state index in [2.05, 4.69) is 47.2 Å². The van der Waals surface area contributed by atoms with Gasteiger partial charge in [0.2, 0.25) is 0 Å². The van der Waals surface area contributed by atoms with Gasteiger partial charge in [0, 0.05) is 50.6 Å². The fourth-order valence-electron chi connectivity index (χ4n) is 4.57. The Morgan fingerprint density at radius 3 is 2.41 bits per heavy atom. The van der Waals surface area contributed by atoms with Crippen molar-refractivity contribution >= 4 is 17.1 Å². The molecule has 1 aromatic carbocycles. The van der Waals surface area contributed by atoms with E-state index < -0.39 is 0 Å². The summed E-state index contributed by atoms with van der Waals surface area (Å²) in [5.41, 5.74) is 9.62. The molecule has 0 amide bonds. The van der Waals surface area contributed by atoms with Crippen LogP contribution in [0.3, 0.4) is 0 Å². The number of piperidine rings is 2. The maximum Gasteiger partial charge on any atom is 0.0601 e. The molecule has 0 unspecified atom stereocenters. The summed E-state index contributed by atoms with van der Waals surface area (Å²) in [4.78, 5) is 4.98. The predicted molar refractivity (Wildman–Crippen MR) is 115 cm³/mol. The van der Waals surface area contributed by atoms with Crippen LogP contribution in [0.25, 0.3) is 0 Å². The third kappa shape index (κ3) is 5.52. The van der Waals surface area contributed by atoms with Crippen LogP contribution in [0.5, 0.6) is 0 Å². The first-order valence-corrected chi connectivity index (χ1v) is 10.8. The summed E-state index contributed by atoms with van der Waals surface area (Å²) in [5.74, 6) is 0.757. The number of rotatable bonds is 7. The first kappa shape index (κ1) is 20.3. The minimum absolute atomic E-state index is 0.318. The number of nitrogen functional groups attached to an aromatic ring is 1. The van der Waals surface area contributed by atoms with Gasteiger partial charge < -0.3 is 26.0 Å². The summed E-state index contributed by atoms with van der Waals surface area (Å²) in [6.07, 6.45) is 6.88. The number of hydrogen-bond donors (Lipinski definition) is 3. The SMILES string of the molecule is CC(C)N1CCC(Nc2ccc(N3CCC(CCCO)CC3)c(N)c2)CC1. The molecule has 0 radical (unpaired) electrons. The summed E-state index contributed by atoms with van der Waals surface area (Å²) in [6, 6.07) is 7.69. The minimum atomic E-state index is 0.318. The molecule has 3 rings (SSSR count). The second kappa shape index (κ2) is 9.65. The lowest BCUT2D eigenvalue weighted by Gasteiger charge is -2.36. The molecule has 0 spiro atoms. The molecule has 4 N–H and O–H groups in total. The minimum Gasteiger partial charge on any atom is -0.397 e. The van der Waals surface area contributed by atoms with Gasteiger partial charge in [0.1, 0.15) is 0 Å². The molecule has 152 valence electrons. The summed E-state index contributed by atoms with van der Waals surface area (Å²) < 4.78 is 0. The number of nitrogens with one attached hydrogen (secondary N) is 1. The summed E-state index contributed by atoms with van der Waals surface area (Å²) >= 11 is 0. The molecule has 2 fully saturated rings. The van der Waals surface area contributed by atoms with Crippen molar-refractivity contribution in [2.24, 2.45) is 5.92 Å². The van der Waals surface area contributed by atoms with Crippen LogP contribution in [0.1, 0.15) is 52.4 Å². The van der Waals surface area contributed by atoms with E-state index in [4.69, 9.17) is 10.8 Å². The fourth-order valence-corrected chi connectivity index (χ4v) is 4.57. The Morgan fingerprint density at radius 1 is 1.11 bits per heavy atom. The molecule has 5 nitrogen and oxygen atoms in total. The first-order chi connectivity index (χ1) is 13.1. The van der Waals surface area contributed by atoms with E-state index in [-0.39, 0.29) is 0 Å². The second-order valence-corrected chi connectivity index (χ2v) is 8.62. The topological polar surface area (TPSA) is 64.8 Å². The Hall–Kier alpha value is -1.46. The van der Waals surface area contributed by atoms with Gasteiger partial charge >= 0.3 is 0 Å². The molecule has 0 bridgehead atoms. The molecule has 27 heavy (non-hydrogen) atoms. The highest BCUT2D eigenvalue weighted by molar-refractivity contribution is 5.73. The van der Waals surface area contributed by atoms with Gasteiger partial charge in [0.15, 0.2) is 0 Å². The summed E-state index contributed by atoms with van der Waals surface area (Å²) in [5, 5.41) is 12.7. The van der Waals surface area contributed by atoms with Crippen molar-refractivity contribution in [2.45, 2.75) is 64.5 Å². The van der Waals surface area contributed by atoms with Gasteiger partial charge in [0.25, 0.3) is 0 Å². The molecule has 2 aliphatic rings. The monoisotopic (exact) mass is 374 g/mol. The third-order valence-electron chi connectivity index (χ3n) is 6.38. The van der Waals surface area contributed by atoms with Crippen LogP contribution in [-0.2, 0) is 0 Å².